The molecule has 0 unspecified atom stereocenters. The van der Waals surface area contributed by atoms with Gasteiger partial charge in [0.05, 0.1) is 19.1 Å². The SMILES string of the molecule is COC(=O)c1cc(C#Cc2ccc([N+](=O)[O-])cc2)cc(C(=O)OC)n1. The van der Waals surface area contributed by atoms with Crippen molar-refractivity contribution in [3.63, 3.8) is 0 Å². The highest BCUT2D eigenvalue weighted by molar-refractivity contribution is 5.92. The molecular weight excluding hydrogens is 328 g/mol. The number of aromatic nitrogens is 1. The molecule has 2 aromatic rings. The molecule has 0 amide bonds. The number of carbonyl (C=O) groups excluding carboxylic acids is 2. The Balaban J connectivity index is 2.40. The van der Waals surface area contributed by atoms with Gasteiger partial charge in [0.15, 0.2) is 11.4 Å². The van der Waals surface area contributed by atoms with Crippen LogP contribution in [0.15, 0.2) is 36.4 Å². The molecule has 126 valence electrons. The number of non-ortho nitro benzene ring substituents is 1. The summed E-state index contributed by atoms with van der Waals surface area (Å²) in [6.07, 6.45) is 0. The topological polar surface area (TPSA) is 109 Å². The molecule has 0 atom stereocenters. The molecular formula is C17H12N2O6. The second-order valence-corrected chi connectivity index (χ2v) is 4.66. The maximum absolute atomic E-state index is 11.7. The Kier molecular flexibility index (Phi) is 5.43. The third kappa shape index (κ3) is 4.39. The van der Waals surface area contributed by atoms with E-state index in [0.29, 0.717) is 11.1 Å². The predicted octanol–water partition coefficient (Wildman–Crippen LogP) is 1.96. The van der Waals surface area contributed by atoms with E-state index in [1.165, 1.54) is 50.6 Å². The minimum atomic E-state index is -0.718. The quantitative estimate of drug-likeness (QED) is 0.364. The van der Waals surface area contributed by atoms with Gasteiger partial charge >= 0.3 is 11.9 Å². The van der Waals surface area contributed by atoms with Crippen molar-refractivity contribution in [1.29, 1.82) is 0 Å². The average molecular weight is 340 g/mol. The zero-order chi connectivity index (χ0) is 18.4. The molecule has 0 fully saturated rings. The summed E-state index contributed by atoms with van der Waals surface area (Å²) in [5, 5.41) is 10.6. The maximum atomic E-state index is 11.7. The van der Waals surface area contributed by atoms with Crippen molar-refractivity contribution < 1.29 is 24.0 Å². The van der Waals surface area contributed by atoms with Crippen LogP contribution in [-0.2, 0) is 9.47 Å². The summed E-state index contributed by atoms with van der Waals surface area (Å²) < 4.78 is 9.18. The molecule has 1 heterocycles. The summed E-state index contributed by atoms with van der Waals surface area (Å²) in [5.74, 6) is 4.13. The van der Waals surface area contributed by atoms with E-state index in [0.717, 1.165) is 0 Å². The number of nitro benzene ring substituents is 1. The van der Waals surface area contributed by atoms with Crippen LogP contribution in [-0.4, -0.2) is 36.1 Å². The number of rotatable bonds is 3. The molecule has 0 radical (unpaired) electrons. The number of carbonyl (C=O) groups is 2. The van der Waals surface area contributed by atoms with Crippen LogP contribution in [0.1, 0.15) is 32.1 Å². The first-order chi connectivity index (χ1) is 11.9. The average Bonchev–Trinajstić information content (AvgIpc) is 2.65. The van der Waals surface area contributed by atoms with E-state index in [1.54, 1.807) is 0 Å². The van der Waals surface area contributed by atoms with E-state index in [9.17, 15) is 19.7 Å². The third-order valence-electron chi connectivity index (χ3n) is 3.04. The van der Waals surface area contributed by atoms with Crippen LogP contribution in [0.2, 0.25) is 0 Å². The second kappa shape index (κ2) is 7.70. The summed E-state index contributed by atoms with van der Waals surface area (Å²) in [6.45, 7) is 0. The molecule has 2 rings (SSSR count). The molecule has 1 aromatic heterocycles. The zero-order valence-corrected chi connectivity index (χ0v) is 13.3. The van der Waals surface area contributed by atoms with Crippen LogP contribution in [0.25, 0.3) is 0 Å². The number of esters is 2. The lowest BCUT2D eigenvalue weighted by Crippen LogP contribution is -2.11. The van der Waals surface area contributed by atoms with Crippen LogP contribution in [0.5, 0.6) is 0 Å². The fourth-order valence-corrected chi connectivity index (χ4v) is 1.83. The Morgan fingerprint density at radius 1 is 0.960 bits per heavy atom. The molecule has 0 bridgehead atoms. The van der Waals surface area contributed by atoms with Crippen LogP contribution in [0, 0.1) is 22.0 Å². The lowest BCUT2D eigenvalue weighted by atomic mass is 10.1. The fourth-order valence-electron chi connectivity index (χ4n) is 1.83. The van der Waals surface area contributed by atoms with Gasteiger partial charge in [-0.05, 0) is 24.3 Å². The highest BCUT2D eigenvalue weighted by Gasteiger charge is 2.15. The Labute approximate surface area is 142 Å². The Morgan fingerprint density at radius 3 is 1.88 bits per heavy atom. The summed E-state index contributed by atoms with van der Waals surface area (Å²) in [7, 11) is 2.38. The molecule has 1 aromatic carbocycles. The number of methoxy groups -OCH3 is 2. The Bertz CT molecular complexity index is 859. The van der Waals surface area contributed by atoms with Gasteiger partial charge in [0.1, 0.15) is 0 Å². The van der Waals surface area contributed by atoms with Crippen molar-refractivity contribution >= 4 is 17.6 Å². The van der Waals surface area contributed by atoms with Crippen molar-refractivity contribution in [2.75, 3.05) is 14.2 Å². The van der Waals surface area contributed by atoms with E-state index in [-0.39, 0.29) is 17.1 Å². The van der Waals surface area contributed by atoms with Gasteiger partial charge in [-0.25, -0.2) is 14.6 Å². The summed E-state index contributed by atoms with van der Waals surface area (Å²) in [4.78, 5) is 37.3. The number of nitrogens with zero attached hydrogens (tertiary/aromatic N) is 2. The van der Waals surface area contributed by atoms with Crippen LogP contribution in [0.4, 0.5) is 5.69 Å². The van der Waals surface area contributed by atoms with Crippen molar-refractivity contribution in [2.45, 2.75) is 0 Å². The van der Waals surface area contributed by atoms with Gasteiger partial charge in [0.2, 0.25) is 0 Å². The number of hydrogen-bond donors (Lipinski definition) is 0. The van der Waals surface area contributed by atoms with Gasteiger partial charge in [0.25, 0.3) is 5.69 Å². The van der Waals surface area contributed by atoms with Crippen molar-refractivity contribution in [2.24, 2.45) is 0 Å². The molecule has 0 aliphatic rings. The summed E-state index contributed by atoms with van der Waals surface area (Å²) in [5.41, 5.74) is 0.656. The maximum Gasteiger partial charge on any atom is 0.356 e. The van der Waals surface area contributed by atoms with Crippen LogP contribution < -0.4 is 0 Å². The van der Waals surface area contributed by atoms with Gasteiger partial charge in [-0.3, -0.25) is 10.1 Å². The minimum Gasteiger partial charge on any atom is -0.464 e. The van der Waals surface area contributed by atoms with Gasteiger partial charge in [-0.1, -0.05) is 11.8 Å². The minimum absolute atomic E-state index is 0.0459. The van der Waals surface area contributed by atoms with Crippen molar-refractivity contribution in [1.82, 2.24) is 4.98 Å². The first-order valence-corrected chi connectivity index (χ1v) is 6.90. The normalized spacial score (nSPS) is 9.52. The highest BCUT2D eigenvalue weighted by Crippen LogP contribution is 2.12. The van der Waals surface area contributed by atoms with E-state index in [2.05, 4.69) is 26.3 Å². The molecule has 0 saturated carbocycles. The standard InChI is InChI=1S/C17H12N2O6/c1-24-16(20)14-9-12(10-15(18-14)17(21)25-2)4-3-11-5-7-13(8-6-11)19(22)23/h5-10H,1-2H3. The van der Waals surface area contributed by atoms with Crippen molar-refractivity contribution in [3.8, 4) is 11.8 Å². The lowest BCUT2D eigenvalue weighted by molar-refractivity contribution is -0.384. The van der Waals surface area contributed by atoms with E-state index >= 15 is 0 Å². The molecule has 25 heavy (non-hydrogen) atoms. The number of benzene rings is 1. The molecule has 8 heteroatoms. The first-order valence-electron chi connectivity index (χ1n) is 6.90. The molecule has 0 spiro atoms. The molecule has 0 aliphatic carbocycles. The Morgan fingerprint density at radius 2 is 1.44 bits per heavy atom. The smallest absolute Gasteiger partial charge is 0.356 e. The number of pyridine rings is 1. The highest BCUT2D eigenvalue weighted by atomic mass is 16.6. The van der Waals surface area contributed by atoms with E-state index in [4.69, 9.17) is 0 Å². The molecule has 0 N–H and O–H groups in total. The van der Waals surface area contributed by atoms with Gasteiger partial charge < -0.3 is 9.47 Å². The number of nitro groups is 1. The largest absolute Gasteiger partial charge is 0.464 e. The van der Waals surface area contributed by atoms with Gasteiger partial charge in [0, 0.05) is 23.3 Å². The second-order valence-electron chi connectivity index (χ2n) is 4.66. The summed E-state index contributed by atoms with van der Waals surface area (Å²) >= 11 is 0. The third-order valence-corrected chi connectivity index (χ3v) is 3.04. The van der Waals surface area contributed by atoms with Crippen LogP contribution in [0.3, 0.4) is 0 Å². The van der Waals surface area contributed by atoms with Crippen LogP contribution >= 0.6 is 0 Å². The molecule has 0 saturated heterocycles. The van der Waals surface area contributed by atoms with E-state index in [1.807, 2.05) is 0 Å². The van der Waals surface area contributed by atoms with E-state index < -0.39 is 16.9 Å². The monoisotopic (exact) mass is 340 g/mol. The van der Waals surface area contributed by atoms with Gasteiger partial charge in [-0.2, -0.15) is 0 Å². The predicted molar refractivity (Wildman–Crippen MR) is 86.0 cm³/mol. The first kappa shape index (κ1) is 17.6. The lowest BCUT2D eigenvalue weighted by Gasteiger charge is -2.03. The van der Waals surface area contributed by atoms with Gasteiger partial charge in [-0.15, -0.1) is 0 Å². The Hall–Kier alpha value is -3.73. The molecule has 8 nitrogen and oxygen atoms in total. The molecule has 0 aliphatic heterocycles. The zero-order valence-electron chi connectivity index (χ0n) is 13.3. The van der Waals surface area contributed by atoms with Crippen molar-refractivity contribution in [3.05, 3.63) is 69.0 Å². The summed E-state index contributed by atoms with van der Waals surface area (Å²) in [6, 6.07) is 8.39. The number of ether oxygens (including phenoxy) is 2. The fraction of sp³-hybridized carbons (Fsp3) is 0.118. The number of hydrogen-bond acceptors (Lipinski definition) is 7.